The van der Waals surface area contributed by atoms with Crippen molar-refractivity contribution in [2.24, 2.45) is 7.05 Å². The fourth-order valence-electron chi connectivity index (χ4n) is 0.844. The summed E-state index contributed by atoms with van der Waals surface area (Å²) < 4.78 is 9.34. The molecule has 0 spiro atoms. The molecule has 14 heavy (non-hydrogen) atoms. The van der Waals surface area contributed by atoms with E-state index in [1.165, 1.54) is 0 Å². The highest BCUT2D eigenvalue weighted by Gasteiger charge is 2.06. The summed E-state index contributed by atoms with van der Waals surface area (Å²) in [4.78, 5) is 0. The Labute approximate surface area is 88.4 Å². The van der Waals surface area contributed by atoms with Crippen LogP contribution in [0.5, 0.6) is 0 Å². The summed E-state index contributed by atoms with van der Waals surface area (Å²) >= 11 is 6.79. The number of rotatable bonds is 3. The van der Waals surface area contributed by atoms with Crippen molar-refractivity contribution in [2.45, 2.75) is 6.54 Å². The Bertz CT molecular complexity index is 383. The van der Waals surface area contributed by atoms with Gasteiger partial charge in [-0.05, 0) is 10.4 Å². The summed E-state index contributed by atoms with van der Waals surface area (Å²) in [5, 5.41) is 14.3. The molecule has 0 aliphatic heterocycles. The van der Waals surface area contributed by atoms with Crippen molar-refractivity contribution in [2.75, 3.05) is 5.32 Å². The van der Waals surface area contributed by atoms with Crippen LogP contribution in [0.3, 0.4) is 0 Å². The average Bonchev–Trinajstić information content (AvgIpc) is 2.72. The lowest BCUT2D eigenvalue weighted by Gasteiger charge is -2.00. The van der Waals surface area contributed by atoms with Gasteiger partial charge in [-0.3, -0.25) is 0 Å². The van der Waals surface area contributed by atoms with E-state index in [2.05, 4.69) is 29.6 Å². The Morgan fingerprint density at radius 2 is 2.36 bits per heavy atom. The number of anilines is 1. The topological polar surface area (TPSA) is 81.4 Å². The molecule has 7 nitrogen and oxygen atoms in total. The summed E-state index contributed by atoms with van der Waals surface area (Å²) in [5.74, 6) is 1.26. The van der Waals surface area contributed by atoms with E-state index in [4.69, 9.17) is 11.6 Å². The van der Waals surface area contributed by atoms with Gasteiger partial charge in [-0.25, -0.2) is 4.68 Å². The summed E-state index contributed by atoms with van der Waals surface area (Å²) in [6.45, 7) is 0.467. The van der Waals surface area contributed by atoms with E-state index < -0.39 is 0 Å². The molecule has 0 fully saturated rings. The molecule has 2 heterocycles. The molecule has 0 aliphatic carbocycles. The zero-order valence-electron chi connectivity index (χ0n) is 7.18. The van der Waals surface area contributed by atoms with Crippen LogP contribution in [0.1, 0.15) is 5.82 Å². The average molecular weight is 232 g/mol. The number of hydrogen-bond acceptors (Lipinski definition) is 7. The summed E-state index contributed by atoms with van der Waals surface area (Å²) in [6.07, 6.45) is 0. The van der Waals surface area contributed by atoms with Crippen LogP contribution in [0.4, 0.5) is 5.82 Å². The molecular weight excluding hydrogens is 226 g/mol. The third kappa shape index (κ3) is 1.80. The molecule has 0 radical (unpaired) electrons. The van der Waals surface area contributed by atoms with Crippen molar-refractivity contribution in [3.63, 3.8) is 0 Å². The van der Waals surface area contributed by atoms with E-state index in [0.29, 0.717) is 23.3 Å². The molecule has 0 amide bonds. The number of aryl methyl sites for hydroxylation is 1. The molecule has 0 atom stereocenters. The summed E-state index contributed by atoms with van der Waals surface area (Å²) in [5.41, 5.74) is 0. The molecule has 2 rings (SSSR count). The number of aromatic nitrogens is 6. The first-order chi connectivity index (χ1) is 6.77. The molecule has 0 aliphatic rings. The predicted octanol–water partition coefficient (Wildman–Crippen LogP) is 0.327. The quantitative estimate of drug-likeness (QED) is 0.820. The van der Waals surface area contributed by atoms with Crippen molar-refractivity contribution in [1.29, 1.82) is 0 Å². The Hall–Kier alpha value is -1.28. The van der Waals surface area contributed by atoms with Gasteiger partial charge in [-0.15, -0.1) is 5.10 Å². The molecule has 1 N–H and O–H groups in total. The van der Waals surface area contributed by atoms with Crippen LogP contribution in [0.15, 0.2) is 0 Å². The van der Waals surface area contributed by atoms with Gasteiger partial charge in [-0.1, -0.05) is 11.6 Å². The minimum Gasteiger partial charge on any atom is -0.359 e. The molecule has 0 aromatic carbocycles. The van der Waals surface area contributed by atoms with Crippen molar-refractivity contribution < 1.29 is 0 Å². The molecule has 0 bridgehead atoms. The maximum Gasteiger partial charge on any atom is 0.186 e. The lowest BCUT2D eigenvalue weighted by Crippen LogP contribution is -2.07. The van der Waals surface area contributed by atoms with Crippen molar-refractivity contribution in [3.8, 4) is 0 Å². The molecule has 2 aromatic rings. The third-order valence-electron chi connectivity index (χ3n) is 1.57. The van der Waals surface area contributed by atoms with Crippen LogP contribution in [-0.2, 0) is 13.6 Å². The molecule has 2 aromatic heterocycles. The molecule has 9 heteroatoms. The summed E-state index contributed by atoms with van der Waals surface area (Å²) in [6, 6.07) is 0. The van der Waals surface area contributed by atoms with Gasteiger partial charge in [0.25, 0.3) is 0 Å². The van der Waals surface area contributed by atoms with Gasteiger partial charge in [0.15, 0.2) is 16.8 Å². The Balaban J connectivity index is 2.02. The third-order valence-corrected chi connectivity index (χ3v) is 2.46. The van der Waals surface area contributed by atoms with Crippen LogP contribution in [0.25, 0.3) is 0 Å². The van der Waals surface area contributed by atoms with E-state index in [-0.39, 0.29) is 0 Å². The first-order valence-electron chi connectivity index (χ1n) is 3.70. The van der Waals surface area contributed by atoms with Crippen LogP contribution in [0.2, 0.25) is 5.15 Å². The van der Waals surface area contributed by atoms with Crippen LogP contribution in [0, 0.1) is 0 Å². The van der Waals surface area contributed by atoms with Crippen molar-refractivity contribution >= 4 is 29.1 Å². The zero-order chi connectivity index (χ0) is 9.97. The van der Waals surface area contributed by atoms with Crippen LogP contribution < -0.4 is 5.32 Å². The first kappa shape index (κ1) is 9.28. The maximum atomic E-state index is 5.74. The predicted molar refractivity (Wildman–Crippen MR) is 51.0 cm³/mol. The monoisotopic (exact) mass is 231 g/mol. The van der Waals surface area contributed by atoms with Gasteiger partial charge in [-0.2, -0.15) is 8.75 Å². The SMILES string of the molecule is Cn1nnnc1CNc1nsnc1Cl. The highest BCUT2D eigenvalue weighted by atomic mass is 35.5. The molecular formula is C5H6ClN7S. The zero-order valence-corrected chi connectivity index (χ0v) is 8.75. The van der Waals surface area contributed by atoms with E-state index >= 15 is 0 Å². The van der Waals surface area contributed by atoms with Gasteiger partial charge in [0.2, 0.25) is 0 Å². The Morgan fingerprint density at radius 3 is 2.93 bits per heavy atom. The van der Waals surface area contributed by atoms with E-state index in [1.54, 1.807) is 11.7 Å². The van der Waals surface area contributed by atoms with Crippen LogP contribution in [-0.4, -0.2) is 29.0 Å². The normalized spacial score (nSPS) is 10.4. The minimum absolute atomic E-state index is 0.366. The largest absolute Gasteiger partial charge is 0.359 e. The minimum atomic E-state index is 0.366. The lowest BCUT2D eigenvalue weighted by molar-refractivity contribution is 0.683. The molecule has 0 unspecified atom stereocenters. The lowest BCUT2D eigenvalue weighted by atomic mass is 10.5. The fraction of sp³-hybridized carbons (Fsp3) is 0.400. The van der Waals surface area contributed by atoms with Gasteiger partial charge >= 0.3 is 0 Å². The van der Waals surface area contributed by atoms with Crippen molar-refractivity contribution in [3.05, 3.63) is 11.0 Å². The maximum absolute atomic E-state index is 5.74. The molecule has 0 saturated heterocycles. The standard InChI is InChI=1S/C5H6ClN7S/c1-13-3(8-11-12-13)2-7-5-4(6)9-14-10-5/h2H2,1H3,(H,7,10). The van der Waals surface area contributed by atoms with Crippen LogP contribution >= 0.6 is 23.3 Å². The van der Waals surface area contributed by atoms with E-state index in [9.17, 15) is 0 Å². The second-order valence-electron chi connectivity index (χ2n) is 2.48. The van der Waals surface area contributed by atoms with Gasteiger partial charge in [0, 0.05) is 7.05 Å². The highest BCUT2D eigenvalue weighted by Crippen LogP contribution is 2.17. The molecule has 0 saturated carbocycles. The number of hydrogen-bond donors (Lipinski definition) is 1. The fourth-order valence-corrected chi connectivity index (χ4v) is 1.53. The van der Waals surface area contributed by atoms with Gasteiger partial charge in [0.05, 0.1) is 18.3 Å². The smallest absolute Gasteiger partial charge is 0.186 e. The Kier molecular flexibility index (Phi) is 2.55. The van der Waals surface area contributed by atoms with Gasteiger partial charge in [0.1, 0.15) is 0 Å². The summed E-state index contributed by atoms with van der Waals surface area (Å²) in [7, 11) is 1.76. The van der Waals surface area contributed by atoms with Gasteiger partial charge < -0.3 is 5.32 Å². The highest BCUT2D eigenvalue weighted by molar-refractivity contribution is 6.99. The first-order valence-corrected chi connectivity index (χ1v) is 4.81. The molecule has 74 valence electrons. The number of halogens is 1. The number of tetrazole rings is 1. The Morgan fingerprint density at radius 1 is 1.50 bits per heavy atom. The van der Waals surface area contributed by atoms with E-state index in [1.807, 2.05) is 0 Å². The second kappa shape index (κ2) is 3.84. The van der Waals surface area contributed by atoms with E-state index in [0.717, 1.165) is 11.7 Å². The number of nitrogens with zero attached hydrogens (tertiary/aromatic N) is 6. The number of nitrogens with one attached hydrogen (secondary N) is 1. The van der Waals surface area contributed by atoms with Crippen molar-refractivity contribution in [1.82, 2.24) is 29.0 Å². The second-order valence-corrected chi connectivity index (χ2v) is 3.36.